The number of aromatic nitrogens is 1. The zero-order valence-corrected chi connectivity index (χ0v) is 9.33. The summed E-state index contributed by atoms with van der Waals surface area (Å²) in [5.41, 5.74) is 1.43. The molecule has 3 aromatic rings. The van der Waals surface area contributed by atoms with E-state index in [4.69, 9.17) is 9.84 Å². The van der Waals surface area contributed by atoms with Crippen LogP contribution in [-0.4, -0.2) is 16.2 Å². The molecule has 4 nitrogen and oxygen atoms in total. The van der Waals surface area contributed by atoms with Gasteiger partial charge in [-0.2, -0.15) is 0 Å². The van der Waals surface area contributed by atoms with Crippen LogP contribution in [0.1, 0.15) is 0 Å². The highest BCUT2D eigenvalue weighted by atomic mass is 16.7. The van der Waals surface area contributed by atoms with E-state index in [1.807, 2.05) is 36.4 Å². The van der Waals surface area contributed by atoms with Gasteiger partial charge in [0.15, 0.2) is 5.75 Å². The molecule has 3 rings (SSSR count). The molecule has 18 heavy (non-hydrogen) atoms. The summed E-state index contributed by atoms with van der Waals surface area (Å²) in [7, 11) is 0. The Balaban J connectivity index is 2.45. The zero-order chi connectivity index (χ0) is 12.5. The highest BCUT2D eigenvalue weighted by molar-refractivity contribution is 6.01. The molecule has 0 radical (unpaired) electrons. The van der Waals surface area contributed by atoms with Gasteiger partial charge in [0.25, 0.3) is 0 Å². The molecular formula is C14H9NO3. The number of fused-ring (bicyclic) bond motifs is 2. The summed E-state index contributed by atoms with van der Waals surface area (Å²) in [6, 6.07) is 14.6. The molecule has 88 valence electrons. The van der Waals surface area contributed by atoms with Crippen LogP contribution >= 0.6 is 0 Å². The Labute approximate surface area is 102 Å². The fourth-order valence-corrected chi connectivity index (χ4v) is 2.00. The second kappa shape index (κ2) is 4.00. The highest BCUT2D eigenvalue weighted by Crippen LogP contribution is 2.32. The fourth-order valence-electron chi connectivity index (χ4n) is 2.00. The van der Waals surface area contributed by atoms with E-state index >= 15 is 0 Å². The van der Waals surface area contributed by atoms with Gasteiger partial charge in [-0.3, -0.25) is 0 Å². The molecule has 0 fully saturated rings. The zero-order valence-electron chi connectivity index (χ0n) is 9.33. The molecule has 4 heteroatoms. The van der Waals surface area contributed by atoms with Crippen molar-refractivity contribution in [2.45, 2.75) is 0 Å². The van der Waals surface area contributed by atoms with Gasteiger partial charge in [0, 0.05) is 10.8 Å². The van der Waals surface area contributed by atoms with Crippen LogP contribution < -0.4 is 4.74 Å². The van der Waals surface area contributed by atoms with Crippen molar-refractivity contribution in [2.24, 2.45) is 0 Å². The standard InChI is InChI=1S/C14H9NO3/c16-14(17)18-13-9-5-1-3-7-11(9)15-12-8-4-2-6-10(12)13/h1-8H,(H,16,17). The van der Waals surface area contributed by atoms with Crippen molar-refractivity contribution in [3.8, 4) is 5.75 Å². The summed E-state index contributed by atoms with van der Waals surface area (Å²) in [6.07, 6.45) is -1.32. The second-order valence-electron chi connectivity index (χ2n) is 3.84. The van der Waals surface area contributed by atoms with E-state index in [0.717, 1.165) is 0 Å². The topological polar surface area (TPSA) is 59.4 Å². The normalized spacial score (nSPS) is 10.7. The van der Waals surface area contributed by atoms with Gasteiger partial charge < -0.3 is 9.84 Å². The fraction of sp³-hybridized carbons (Fsp3) is 0. The quantitative estimate of drug-likeness (QED) is 0.522. The van der Waals surface area contributed by atoms with E-state index in [-0.39, 0.29) is 0 Å². The summed E-state index contributed by atoms with van der Waals surface area (Å²) < 4.78 is 4.92. The van der Waals surface area contributed by atoms with Crippen LogP contribution in [-0.2, 0) is 0 Å². The van der Waals surface area contributed by atoms with Crippen LogP contribution in [0.2, 0.25) is 0 Å². The van der Waals surface area contributed by atoms with Gasteiger partial charge in [-0.25, -0.2) is 9.78 Å². The van der Waals surface area contributed by atoms with E-state index in [0.29, 0.717) is 27.6 Å². The molecule has 0 saturated heterocycles. The lowest BCUT2D eigenvalue weighted by molar-refractivity contribution is 0.145. The molecule has 1 heterocycles. The number of carbonyl (C=O) groups is 1. The minimum Gasteiger partial charge on any atom is -0.449 e. The van der Waals surface area contributed by atoms with Crippen LogP contribution in [0.5, 0.6) is 5.75 Å². The largest absolute Gasteiger partial charge is 0.511 e. The Bertz CT molecular complexity index is 698. The Morgan fingerprint density at radius 3 is 1.94 bits per heavy atom. The summed E-state index contributed by atoms with van der Waals surface area (Å²) >= 11 is 0. The van der Waals surface area contributed by atoms with Crippen LogP contribution in [0, 0.1) is 0 Å². The average molecular weight is 239 g/mol. The molecular weight excluding hydrogens is 230 g/mol. The summed E-state index contributed by atoms with van der Waals surface area (Å²) in [4.78, 5) is 15.3. The maximum atomic E-state index is 10.8. The van der Waals surface area contributed by atoms with Crippen LogP contribution in [0.4, 0.5) is 4.79 Å². The van der Waals surface area contributed by atoms with E-state index in [9.17, 15) is 4.79 Å². The molecule has 1 N–H and O–H groups in total. The number of para-hydroxylation sites is 2. The summed E-state index contributed by atoms with van der Waals surface area (Å²) in [6.45, 7) is 0. The first kappa shape index (κ1) is 10.5. The van der Waals surface area contributed by atoms with Gasteiger partial charge in [-0.1, -0.05) is 24.3 Å². The van der Waals surface area contributed by atoms with Crippen molar-refractivity contribution < 1.29 is 14.6 Å². The number of hydrogen-bond donors (Lipinski definition) is 1. The van der Waals surface area contributed by atoms with Gasteiger partial charge >= 0.3 is 6.16 Å². The van der Waals surface area contributed by atoms with Crippen molar-refractivity contribution >= 4 is 28.0 Å². The van der Waals surface area contributed by atoms with Crippen molar-refractivity contribution in [2.75, 3.05) is 0 Å². The second-order valence-corrected chi connectivity index (χ2v) is 3.84. The van der Waals surface area contributed by atoms with Gasteiger partial charge in [-0.15, -0.1) is 0 Å². The minimum atomic E-state index is -1.32. The number of ether oxygens (including phenoxy) is 1. The third kappa shape index (κ3) is 1.64. The average Bonchev–Trinajstić information content (AvgIpc) is 2.38. The van der Waals surface area contributed by atoms with Gasteiger partial charge in [0.2, 0.25) is 0 Å². The number of hydrogen-bond acceptors (Lipinski definition) is 3. The maximum Gasteiger partial charge on any atom is 0.511 e. The lowest BCUT2D eigenvalue weighted by Gasteiger charge is -2.08. The van der Waals surface area contributed by atoms with E-state index in [1.54, 1.807) is 12.1 Å². The number of pyridine rings is 1. The van der Waals surface area contributed by atoms with Crippen LogP contribution in [0.15, 0.2) is 48.5 Å². The number of benzene rings is 2. The monoisotopic (exact) mass is 239 g/mol. The smallest absolute Gasteiger partial charge is 0.449 e. The molecule has 0 bridgehead atoms. The number of nitrogens with zero attached hydrogens (tertiary/aromatic N) is 1. The first-order chi connectivity index (χ1) is 8.75. The summed E-state index contributed by atoms with van der Waals surface area (Å²) in [5.74, 6) is 0.337. The molecule has 0 unspecified atom stereocenters. The molecule has 0 saturated carbocycles. The third-order valence-electron chi connectivity index (χ3n) is 2.73. The SMILES string of the molecule is O=C(O)Oc1c2ccccc2nc2ccccc12. The van der Waals surface area contributed by atoms with Crippen molar-refractivity contribution in [1.29, 1.82) is 0 Å². The Morgan fingerprint density at radius 1 is 0.944 bits per heavy atom. The first-order valence-corrected chi connectivity index (χ1v) is 5.44. The predicted octanol–water partition coefficient (Wildman–Crippen LogP) is 3.44. The van der Waals surface area contributed by atoms with Crippen molar-refractivity contribution in [3.05, 3.63) is 48.5 Å². The van der Waals surface area contributed by atoms with Crippen molar-refractivity contribution in [1.82, 2.24) is 4.98 Å². The van der Waals surface area contributed by atoms with Crippen LogP contribution in [0.25, 0.3) is 21.8 Å². The molecule has 0 amide bonds. The third-order valence-corrected chi connectivity index (χ3v) is 2.73. The highest BCUT2D eigenvalue weighted by Gasteiger charge is 2.12. The Kier molecular flexibility index (Phi) is 2.34. The molecule has 0 aliphatic heterocycles. The number of rotatable bonds is 1. The van der Waals surface area contributed by atoms with Crippen LogP contribution in [0.3, 0.4) is 0 Å². The van der Waals surface area contributed by atoms with Gasteiger partial charge in [0.05, 0.1) is 11.0 Å². The first-order valence-electron chi connectivity index (χ1n) is 5.44. The lowest BCUT2D eigenvalue weighted by Crippen LogP contribution is -2.04. The Hall–Kier alpha value is -2.62. The van der Waals surface area contributed by atoms with Gasteiger partial charge in [0.1, 0.15) is 0 Å². The molecule has 1 aromatic heterocycles. The maximum absolute atomic E-state index is 10.8. The van der Waals surface area contributed by atoms with E-state index in [2.05, 4.69) is 4.98 Å². The molecule has 0 aliphatic carbocycles. The van der Waals surface area contributed by atoms with E-state index < -0.39 is 6.16 Å². The Morgan fingerprint density at radius 2 is 1.44 bits per heavy atom. The minimum absolute atomic E-state index is 0.337. The van der Waals surface area contributed by atoms with E-state index in [1.165, 1.54) is 0 Å². The number of carboxylic acid groups (broad SMARTS) is 1. The summed E-state index contributed by atoms with van der Waals surface area (Å²) in [5, 5.41) is 10.2. The molecule has 2 aromatic carbocycles. The van der Waals surface area contributed by atoms with Gasteiger partial charge in [-0.05, 0) is 24.3 Å². The van der Waals surface area contributed by atoms with Crippen molar-refractivity contribution in [3.63, 3.8) is 0 Å². The predicted molar refractivity (Wildman–Crippen MR) is 67.9 cm³/mol. The molecule has 0 aliphatic rings. The lowest BCUT2D eigenvalue weighted by atomic mass is 10.1. The molecule has 0 spiro atoms. The molecule has 0 atom stereocenters.